The van der Waals surface area contributed by atoms with Crippen LogP contribution >= 0.6 is 0 Å². The largest absolute Gasteiger partial charge is 0.493 e. The maximum atomic E-state index is 11.8. The smallest absolute Gasteiger partial charge is 0.163 e. The third-order valence-corrected chi connectivity index (χ3v) is 4.44. The van der Waals surface area contributed by atoms with Gasteiger partial charge in [-0.05, 0) is 55.4 Å². The first-order valence-electron chi connectivity index (χ1n) is 7.62. The summed E-state index contributed by atoms with van der Waals surface area (Å²) in [5.74, 6) is 1.96. The second kappa shape index (κ2) is 5.77. The summed E-state index contributed by atoms with van der Waals surface area (Å²) >= 11 is 0. The Morgan fingerprint density at radius 3 is 2.74 bits per heavy atom. The van der Waals surface area contributed by atoms with Crippen molar-refractivity contribution >= 4 is 5.78 Å². The van der Waals surface area contributed by atoms with Crippen LogP contribution in [0.15, 0.2) is 18.2 Å². The molecule has 0 N–H and O–H groups in total. The van der Waals surface area contributed by atoms with Gasteiger partial charge >= 0.3 is 0 Å². The van der Waals surface area contributed by atoms with Crippen LogP contribution in [-0.2, 0) is 6.42 Å². The second-order valence-corrected chi connectivity index (χ2v) is 5.91. The number of Topliss-reactive ketones (excluding diaryl/α,β-unsaturated/α-hetero) is 1. The lowest BCUT2D eigenvalue weighted by atomic mass is 9.90. The zero-order chi connectivity index (χ0) is 13.1. The van der Waals surface area contributed by atoms with Crippen LogP contribution in [0.25, 0.3) is 0 Å². The number of rotatable bonds is 3. The highest BCUT2D eigenvalue weighted by molar-refractivity contribution is 5.98. The topological polar surface area (TPSA) is 26.3 Å². The van der Waals surface area contributed by atoms with Gasteiger partial charge in [0, 0.05) is 12.0 Å². The molecule has 1 saturated carbocycles. The molecule has 2 heteroatoms. The van der Waals surface area contributed by atoms with Gasteiger partial charge in [0.25, 0.3) is 0 Å². The number of benzene rings is 1. The highest BCUT2D eigenvalue weighted by Gasteiger charge is 2.18. The van der Waals surface area contributed by atoms with Gasteiger partial charge in [0.1, 0.15) is 5.75 Å². The molecule has 102 valence electrons. The Balaban J connectivity index is 1.63. The van der Waals surface area contributed by atoms with Crippen LogP contribution in [0.4, 0.5) is 0 Å². The van der Waals surface area contributed by atoms with Gasteiger partial charge in [-0.2, -0.15) is 0 Å². The van der Waals surface area contributed by atoms with Gasteiger partial charge < -0.3 is 4.74 Å². The van der Waals surface area contributed by atoms with Crippen molar-refractivity contribution in [2.45, 2.75) is 51.4 Å². The average molecular weight is 258 g/mol. The maximum Gasteiger partial charge on any atom is 0.163 e. The molecule has 0 aromatic heterocycles. The van der Waals surface area contributed by atoms with Crippen molar-refractivity contribution in [3.05, 3.63) is 29.3 Å². The van der Waals surface area contributed by atoms with E-state index in [0.29, 0.717) is 12.2 Å². The maximum absolute atomic E-state index is 11.8. The minimum atomic E-state index is 0.292. The van der Waals surface area contributed by atoms with E-state index in [9.17, 15) is 4.79 Å². The van der Waals surface area contributed by atoms with Crippen molar-refractivity contribution in [3.63, 3.8) is 0 Å². The molecule has 0 amide bonds. The van der Waals surface area contributed by atoms with Crippen molar-refractivity contribution in [1.82, 2.24) is 0 Å². The Labute approximate surface area is 115 Å². The van der Waals surface area contributed by atoms with E-state index >= 15 is 0 Å². The van der Waals surface area contributed by atoms with E-state index < -0.39 is 0 Å². The van der Waals surface area contributed by atoms with Gasteiger partial charge in [0.15, 0.2) is 5.78 Å². The predicted octanol–water partition coefficient (Wildman–Crippen LogP) is 4.16. The number of fused-ring (bicyclic) bond motifs is 1. The van der Waals surface area contributed by atoms with Crippen molar-refractivity contribution < 1.29 is 9.53 Å². The summed E-state index contributed by atoms with van der Waals surface area (Å²) < 4.78 is 5.94. The van der Waals surface area contributed by atoms with Crippen LogP contribution in [0.2, 0.25) is 0 Å². The lowest BCUT2D eigenvalue weighted by Gasteiger charge is -2.22. The van der Waals surface area contributed by atoms with E-state index in [0.717, 1.165) is 36.7 Å². The number of ketones is 1. The van der Waals surface area contributed by atoms with Gasteiger partial charge in [-0.3, -0.25) is 4.79 Å². The number of carbonyl (C=O) groups is 1. The molecule has 0 bridgehead atoms. The van der Waals surface area contributed by atoms with Crippen LogP contribution in [0.5, 0.6) is 5.75 Å². The van der Waals surface area contributed by atoms with Gasteiger partial charge in [0.2, 0.25) is 0 Å². The molecule has 1 aromatic carbocycles. The monoisotopic (exact) mass is 258 g/mol. The Morgan fingerprint density at radius 1 is 1.05 bits per heavy atom. The van der Waals surface area contributed by atoms with Gasteiger partial charge in [-0.1, -0.05) is 19.3 Å². The standard InChI is InChI=1S/C17H22O2/c18-17-8-4-7-14-11-15(9-10-16(14)17)19-12-13-5-2-1-3-6-13/h9-11,13H,1-8,12H2. The SMILES string of the molecule is O=C1CCCc2cc(OCC3CCCCC3)ccc21. The van der Waals surface area contributed by atoms with Crippen LogP contribution in [-0.4, -0.2) is 12.4 Å². The zero-order valence-electron chi connectivity index (χ0n) is 11.5. The number of aryl methyl sites for hydroxylation is 1. The third kappa shape index (κ3) is 2.99. The fraction of sp³-hybridized carbons (Fsp3) is 0.588. The van der Waals surface area contributed by atoms with Crippen LogP contribution < -0.4 is 4.74 Å². The number of carbonyl (C=O) groups excluding carboxylic acids is 1. The molecule has 2 aliphatic rings. The Bertz CT molecular complexity index is 458. The summed E-state index contributed by atoms with van der Waals surface area (Å²) in [5, 5.41) is 0. The molecule has 0 aliphatic heterocycles. The van der Waals surface area contributed by atoms with Crippen molar-refractivity contribution in [2.75, 3.05) is 6.61 Å². The molecule has 3 rings (SSSR count). The molecular weight excluding hydrogens is 236 g/mol. The van der Waals surface area contributed by atoms with Crippen molar-refractivity contribution in [1.29, 1.82) is 0 Å². The first-order chi connectivity index (χ1) is 9.33. The molecule has 0 unspecified atom stereocenters. The third-order valence-electron chi connectivity index (χ3n) is 4.44. The first-order valence-corrected chi connectivity index (χ1v) is 7.62. The minimum Gasteiger partial charge on any atom is -0.493 e. The van der Waals surface area contributed by atoms with Crippen molar-refractivity contribution in [2.24, 2.45) is 5.92 Å². The molecule has 1 aromatic rings. The molecule has 2 aliphatic carbocycles. The van der Waals surface area contributed by atoms with E-state index in [-0.39, 0.29) is 0 Å². The summed E-state index contributed by atoms with van der Waals surface area (Å²) in [7, 11) is 0. The fourth-order valence-electron chi connectivity index (χ4n) is 3.28. The van der Waals surface area contributed by atoms with E-state index in [1.165, 1.54) is 37.7 Å². The fourth-order valence-corrected chi connectivity index (χ4v) is 3.28. The highest BCUT2D eigenvalue weighted by atomic mass is 16.5. The molecule has 0 heterocycles. The van der Waals surface area contributed by atoms with Crippen molar-refractivity contribution in [3.8, 4) is 5.75 Å². The van der Waals surface area contributed by atoms with Crippen LogP contribution in [0.3, 0.4) is 0 Å². The van der Waals surface area contributed by atoms with Crippen LogP contribution in [0.1, 0.15) is 60.9 Å². The quantitative estimate of drug-likeness (QED) is 0.813. The molecule has 0 spiro atoms. The first kappa shape index (κ1) is 12.7. The lowest BCUT2D eigenvalue weighted by Crippen LogP contribution is -2.16. The summed E-state index contributed by atoms with van der Waals surface area (Å²) in [6, 6.07) is 5.99. The Hall–Kier alpha value is -1.31. The summed E-state index contributed by atoms with van der Waals surface area (Å²) in [6.07, 6.45) is 9.42. The molecule has 2 nitrogen and oxygen atoms in total. The predicted molar refractivity (Wildman–Crippen MR) is 75.8 cm³/mol. The number of hydrogen-bond acceptors (Lipinski definition) is 2. The number of ether oxygens (including phenoxy) is 1. The normalized spacial score (nSPS) is 20.1. The molecule has 19 heavy (non-hydrogen) atoms. The van der Waals surface area contributed by atoms with Gasteiger partial charge in [-0.15, -0.1) is 0 Å². The Morgan fingerprint density at radius 2 is 1.89 bits per heavy atom. The van der Waals surface area contributed by atoms with E-state index in [1.54, 1.807) is 0 Å². The highest BCUT2D eigenvalue weighted by Crippen LogP contribution is 2.27. The van der Waals surface area contributed by atoms with E-state index in [1.807, 2.05) is 12.1 Å². The summed E-state index contributed by atoms with van der Waals surface area (Å²) in [4.78, 5) is 11.8. The summed E-state index contributed by atoms with van der Waals surface area (Å²) in [5.41, 5.74) is 2.09. The Kier molecular flexibility index (Phi) is 3.86. The lowest BCUT2D eigenvalue weighted by molar-refractivity contribution is 0.0972. The molecular formula is C17H22O2. The number of hydrogen-bond donors (Lipinski definition) is 0. The van der Waals surface area contributed by atoms with E-state index in [4.69, 9.17) is 4.74 Å². The van der Waals surface area contributed by atoms with Gasteiger partial charge in [-0.25, -0.2) is 0 Å². The molecule has 0 saturated heterocycles. The van der Waals surface area contributed by atoms with Crippen LogP contribution in [0, 0.1) is 5.92 Å². The molecule has 1 fully saturated rings. The summed E-state index contributed by atoms with van der Waals surface area (Å²) in [6.45, 7) is 0.840. The zero-order valence-corrected chi connectivity index (χ0v) is 11.5. The molecule has 0 radical (unpaired) electrons. The minimum absolute atomic E-state index is 0.292. The van der Waals surface area contributed by atoms with E-state index in [2.05, 4.69) is 6.07 Å². The molecule has 0 atom stereocenters. The van der Waals surface area contributed by atoms with Gasteiger partial charge in [0.05, 0.1) is 6.61 Å². The second-order valence-electron chi connectivity index (χ2n) is 5.91. The average Bonchev–Trinajstić information content (AvgIpc) is 2.46.